The predicted molar refractivity (Wildman–Crippen MR) is 45.7 cm³/mol. The number of halogens is 2. The highest BCUT2D eigenvalue weighted by atomic mass is 35.5. The van der Waals surface area contributed by atoms with Gasteiger partial charge in [-0.05, 0) is 18.6 Å². The van der Waals surface area contributed by atoms with Crippen LogP contribution in [0.15, 0.2) is 24.3 Å². The van der Waals surface area contributed by atoms with Crippen LogP contribution >= 0.6 is 23.2 Å². The zero-order chi connectivity index (χ0) is 7.56. The van der Waals surface area contributed by atoms with Crippen LogP contribution in [0.1, 0.15) is 17.9 Å². The Labute approximate surface area is 70.8 Å². The first-order valence-electron chi connectivity index (χ1n) is 3.10. The van der Waals surface area contributed by atoms with Gasteiger partial charge in [0.05, 0.1) is 5.38 Å². The summed E-state index contributed by atoms with van der Waals surface area (Å²) in [7, 11) is 0. The Bertz CT molecular complexity index is 218. The molecule has 0 heterocycles. The van der Waals surface area contributed by atoms with Crippen LogP contribution in [-0.2, 0) is 0 Å². The van der Waals surface area contributed by atoms with Crippen molar-refractivity contribution in [2.75, 3.05) is 0 Å². The van der Waals surface area contributed by atoms with Gasteiger partial charge in [-0.1, -0.05) is 29.8 Å². The summed E-state index contributed by atoms with van der Waals surface area (Å²) in [5.74, 6) is 0. The summed E-state index contributed by atoms with van der Waals surface area (Å²) in [5, 5.41) is 0.735. The molecule has 1 aromatic rings. The van der Waals surface area contributed by atoms with Crippen LogP contribution in [0.2, 0.25) is 5.02 Å². The van der Waals surface area contributed by atoms with Gasteiger partial charge in [-0.15, -0.1) is 11.6 Å². The zero-order valence-corrected chi connectivity index (χ0v) is 7.15. The van der Waals surface area contributed by atoms with Crippen LogP contribution in [0.25, 0.3) is 0 Å². The molecule has 0 fully saturated rings. The zero-order valence-electron chi connectivity index (χ0n) is 5.64. The maximum atomic E-state index is 5.83. The Morgan fingerprint density at radius 1 is 1.30 bits per heavy atom. The van der Waals surface area contributed by atoms with E-state index in [1.165, 1.54) is 0 Å². The second-order valence-electron chi connectivity index (χ2n) is 2.14. The second kappa shape index (κ2) is 3.27. The molecular weight excluding hydrogens is 167 g/mol. The van der Waals surface area contributed by atoms with Crippen LogP contribution in [0.4, 0.5) is 0 Å². The summed E-state index contributed by atoms with van der Waals surface area (Å²) < 4.78 is 0. The molecule has 0 radical (unpaired) electrons. The summed E-state index contributed by atoms with van der Waals surface area (Å²) in [4.78, 5) is 0. The van der Waals surface area contributed by atoms with Crippen molar-refractivity contribution in [2.45, 2.75) is 12.3 Å². The molecule has 1 atom stereocenters. The van der Waals surface area contributed by atoms with Gasteiger partial charge in [0.1, 0.15) is 0 Å². The lowest BCUT2D eigenvalue weighted by Gasteiger charge is -2.03. The van der Waals surface area contributed by atoms with Crippen LogP contribution in [0.3, 0.4) is 0 Å². The van der Waals surface area contributed by atoms with E-state index in [1.54, 1.807) is 0 Å². The third kappa shape index (κ3) is 1.65. The molecule has 0 aliphatic heterocycles. The second-order valence-corrected chi connectivity index (χ2v) is 3.20. The average molecular weight is 175 g/mol. The number of hydrogen-bond acceptors (Lipinski definition) is 0. The van der Waals surface area contributed by atoms with Gasteiger partial charge >= 0.3 is 0 Å². The highest BCUT2D eigenvalue weighted by Gasteiger charge is 2.03. The molecule has 0 spiro atoms. The van der Waals surface area contributed by atoms with Crippen molar-refractivity contribution >= 4 is 23.2 Å². The van der Waals surface area contributed by atoms with E-state index in [9.17, 15) is 0 Å². The summed E-state index contributed by atoms with van der Waals surface area (Å²) in [6.45, 7) is 1.91. The average Bonchev–Trinajstić information content (AvgIpc) is 1.88. The van der Waals surface area contributed by atoms with Gasteiger partial charge in [-0.25, -0.2) is 0 Å². The summed E-state index contributed by atoms with van der Waals surface area (Å²) in [6.07, 6.45) is 0. The molecule has 0 aliphatic carbocycles. The Balaban J connectivity index is 3.03. The third-order valence-corrected chi connectivity index (χ3v) is 1.91. The van der Waals surface area contributed by atoms with Crippen LogP contribution < -0.4 is 0 Å². The fourth-order valence-electron chi connectivity index (χ4n) is 0.798. The van der Waals surface area contributed by atoms with Crippen LogP contribution in [0, 0.1) is 0 Å². The molecule has 1 rings (SSSR count). The van der Waals surface area contributed by atoms with Crippen molar-refractivity contribution < 1.29 is 0 Å². The molecule has 2 heteroatoms. The molecule has 0 saturated carbocycles. The summed E-state index contributed by atoms with van der Waals surface area (Å²) in [6, 6.07) is 7.60. The minimum absolute atomic E-state index is 0.00583. The number of hydrogen-bond donors (Lipinski definition) is 0. The SMILES string of the molecule is C[C@@H](Cl)c1ccccc1Cl. The Morgan fingerprint density at radius 3 is 2.30 bits per heavy atom. The molecule has 0 nitrogen and oxygen atoms in total. The molecule has 0 bridgehead atoms. The third-order valence-electron chi connectivity index (χ3n) is 1.33. The predicted octanol–water partition coefficient (Wildman–Crippen LogP) is 3.64. The molecule has 0 unspecified atom stereocenters. The molecule has 54 valence electrons. The number of rotatable bonds is 1. The van der Waals surface area contributed by atoms with Crippen molar-refractivity contribution in [3.05, 3.63) is 34.9 Å². The Kier molecular flexibility index (Phi) is 2.58. The smallest absolute Gasteiger partial charge is 0.0571 e. The van der Waals surface area contributed by atoms with Crippen LogP contribution in [-0.4, -0.2) is 0 Å². The molecule has 0 N–H and O–H groups in total. The van der Waals surface area contributed by atoms with Gasteiger partial charge in [0.15, 0.2) is 0 Å². The Hall–Kier alpha value is -0.200. The van der Waals surface area contributed by atoms with Gasteiger partial charge in [0.25, 0.3) is 0 Å². The van der Waals surface area contributed by atoms with E-state index in [0.29, 0.717) is 0 Å². The lowest BCUT2D eigenvalue weighted by Crippen LogP contribution is -1.83. The highest BCUT2D eigenvalue weighted by molar-refractivity contribution is 6.32. The maximum Gasteiger partial charge on any atom is 0.0571 e. The van der Waals surface area contributed by atoms with E-state index in [1.807, 2.05) is 31.2 Å². The molecule has 1 aromatic carbocycles. The molecule has 0 saturated heterocycles. The number of alkyl halides is 1. The van der Waals surface area contributed by atoms with Crippen molar-refractivity contribution in [1.29, 1.82) is 0 Å². The van der Waals surface area contributed by atoms with E-state index in [2.05, 4.69) is 0 Å². The Morgan fingerprint density at radius 2 is 1.90 bits per heavy atom. The molecule has 10 heavy (non-hydrogen) atoms. The van der Waals surface area contributed by atoms with E-state index < -0.39 is 0 Å². The highest BCUT2D eigenvalue weighted by Crippen LogP contribution is 2.26. The van der Waals surface area contributed by atoms with Gasteiger partial charge < -0.3 is 0 Å². The number of benzene rings is 1. The van der Waals surface area contributed by atoms with Crippen molar-refractivity contribution in [3.63, 3.8) is 0 Å². The van der Waals surface area contributed by atoms with Crippen LogP contribution in [0.5, 0.6) is 0 Å². The van der Waals surface area contributed by atoms with E-state index in [4.69, 9.17) is 23.2 Å². The summed E-state index contributed by atoms with van der Waals surface area (Å²) in [5.41, 5.74) is 0.992. The van der Waals surface area contributed by atoms with Crippen molar-refractivity contribution in [2.24, 2.45) is 0 Å². The van der Waals surface area contributed by atoms with E-state index in [0.717, 1.165) is 10.6 Å². The minimum Gasteiger partial charge on any atom is -0.118 e. The van der Waals surface area contributed by atoms with Crippen molar-refractivity contribution in [3.8, 4) is 0 Å². The minimum atomic E-state index is -0.00583. The normalized spacial score (nSPS) is 13.1. The summed E-state index contributed by atoms with van der Waals surface area (Å²) >= 11 is 11.7. The van der Waals surface area contributed by atoms with Gasteiger partial charge in [-0.2, -0.15) is 0 Å². The lowest BCUT2D eigenvalue weighted by molar-refractivity contribution is 1.08. The first-order chi connectivity index (χ1) is 4.72. The molecule has 0 aromatic heterocycles. The van der Waals surface area contributed by atoms with E-state index in [-0.39, 0.29) is 5.38 Å². The molecule has 0 amide bonds. The quantitative estimate of drug-likeness (QED) is 0.571. The van der Waals surface area contributed by atoms with Gasteiger partial charge in [0.2, 0.25) is 0 Å². The van der Waals surface area contributed by atoms with Crippen molar-refractivity contribution in [1.82, 2.24) is 0 Å². The van der Waals surface area contributed by atoms with E-state index >= 15 is 0 Å². The van der Waals surface area contributed by atoms with Gasteiger partial charge in [-0.3, -0.25) is 0 Å². The topological polar surface area (TPSA) is 0 Å². The fraction of sp³-hybridized carbons (Fsp3) is 0.250. The maximum absolute atomic E-state index is 5.83. The molecule has 0 aliphatic rings. The molecular formula is C8H8Cl2. The first-order valence-corrected chi connectivity index (χ1v) is 3.91. The fourth-order valence-corrected chi connectivity index (χ4v) is 1.34. The standard InChI is InChI=1S/C8H8Cl2/c1-6(9)7-4-2-3-5-8(7)10/h2-6H,1H3/t6-/m1/s1. The monoisotopic (exact) mass is 174 g/mol. The lowest BCUT2D eigenvalue weighted by atomic mass is 10.2. The first kappa shape index (κ1) is 7.90. The largest absolute Gasteiger partial charge is 0.118 e. The van der Waals surface area contributed by atoms with Gasteiger partial charge in [0, 0.05) is 5.02 Å².